The molecule has 1 fully saturated rings. The summed E-state index contributed by atoms with van der Waals surface area (Å²) in [4.78, 5) is 41.3. The number of carbonyl (C=O) groups is 3. The zero-order chi connectivity index (χ0) is 20.4. The third kappa shape index (κ3) is 4.06. The Kier molecular flexibility index (Phi) is 5.16. The van der Waals surface area contributed by atoms with E-state index >= 15 is 0 Å². The third-order valence-electron chi connectivity index (χ3n) is 5.25. The average Bonchev–Trinajstić information content (AvgIpc) is 2.85. The zero-order valence-electron chi connectivity index (χ0n) is 15.7. The summed E-state index contributed by atoms with van der Waals surface area (Å²) in [5.74, 6) is -1.25. The van der Waals surface area contributed by atoms with Gasteiger partial charge in [0.25, 0.3) is 5.91 Å². The maximum atomic E-state index is 13.1. The Hall–Kier alpha value is -3.42. The summed E-state index contributed by atoms with van der Waals surface area (Å²) in [7, 11) is 0. The molecule has 0 spiro atoms. The van der Waals surface area contributed by atoms with Crippen LogP contribution >= 0.6 is 0 Å². The predicted molar refractivity (Wildman–Crippen MR) is 106 cm³/mol. The lowest BCUT2D eigenvalue weighted by Crippen LogP contribution is -2.51. The van der Waals surface area contributed by atoms with Crippen LogP contribution in [0.5, 0.6) is 0 Å². The van der Waals surface area contributed by atoms with Gasteiger partial charge >= 0.3 is 0 Å². The fourth-order valence-electron chi connectivity index (χ4n) is 3.62. The van der Waals surface area contributed by atoms with E-state index < -0.39 is 11.9 Å². The number of rotatable bonds is 3. The molecule has 2 aliphatic heterocycles. The highest BCUT2D eigenvalue weighted by Gasteiger charge is 2.31. The van der Waals surface area contributed by atoms with Crippen molar-refractivity contribution in [3.05, 3.63) is 59.9 Å². The normalized spacial score (nSPS) is 19.1. The van der Waals surface area contributed by atoms with Gasteiger partial charge in [0.2, 0.25) is 11.8 Å². The van der Waals surface area contributed by atoms with Crippen LogP contribution in [0.2, 0.25) is 0 Å². The van der Waals surface area contributed by atoms with Crippen LogP contribution in [0.1, 0.15) is 16.8 Å². The van der Waals surface area contributed by atoms with Crippen LogP contribution in [-0.2, 0) is 9.59 Å². The minimum atomic E-state index is -0.919. The highest BCUT2D eigenvalue weighted by Crippen LogP contribution is 2.20. The van der Waals surface area contributed by atoms with Crippen LogP contribution in [0.25, 0.3) is 0 Å². The summed E-state index contributed by atoms with van der Waals surface area (Å²) in [6.45, 7) is 2.23. The molecule has 0 bridgehead atoms. The van der Waals surface area contributed by atoms with Gasteiger partial charge in [-0.3, -0.25) is 14.4 Å². The molecule has 7 nitrogen and oxygen atoms in total. The number of anilines is 2. The van der Waals surface area contributed by atoms with E-state index in [0.29, 0.717) is 37.4 Å². The number of hydrogen-bond donors (Lipinski definition) is 2. The van der Waals surface area contributed by atoms with Crippen LogP contribution in [0, 0.1) is 5.82 Å². The molecule has 29 heavy (non-hydrogen) atoms. The second-order valence-electron chi connectivity index (χ2n) is 7.11. The van der Waals surface area contributed by atoms with Crippen LogP contribution < -0.4 is 15.5 Å². The van der Waals surface area contributed by atoms with Crippen molar-refractivity contribution in [1.82, 2.24) is 10.2 Å². The SMILES string of the molecule is O=C1NC(CC(=O)N2CCN(c3ccc(F)cc3)CC2)C(=O)Nc2ccccc21. The van der Waals surface area contributed by atoms with Crippen molar-refractivity contribution in [3.8, 4) is 0 Å². The van der Waals surface area contributed by atoms with E-state index in [4.69, 9.17) is 0 Å². The van der Waals surface area contributed by atoms with Crippen molar-refractivity contribution in [3.63, 3.8) is 0 Å². The molecule has 0 aliphatic carbocycles. The highest BCUT2D eigenvalue weighted by molar-refractivity contribution is 6.10. The van der Waals surface area contributed by atoms with E-state index in [9.17, 15) is 18.8 Å². The van der Waals surface area contributed by atoms with Crippen LogP contribution in [-0.4, -0.2) is 54.8 Å². The zero-order valence-corrected chi connectivity index (χ0v) is 15.7. The van der Waals surface area contributed by atoms with E-state index in [-0.39, 0.29) is 24.1 Å². The Morgan fingerprint density at radius 2 is 1.69 bits per heavy atom. The van der Waals surface area contributed by atoms with Gasteiger partial charge in [-0.1, -0.05) is 12.1 Å². The first-order chi connectivity index (χ1) is 14.0. The van der Waals surface area contributed by atoms with Gasteiger partial charge < -0.3 is 20.4 Å². The maximum absolute atomic E-state index is 13.1. The van der Waals surface area contributed by atoms with Gasteiger partial charge in [0.05, 0.1) is 17.7 Å². The summed E-state index contributed by atoms with van der Waals surface area (Å²) < 4.78 is 13.1. The van der Waals surface area contributed by atoms with Crippen molar-refractivity contribution in [1.29, 1.82) is 0 Å². The van der Waals surface area contributed by atoms with Gasteiger partial charge in [0.1, 0.15) is 11.9 Å². The maximum Gasteiger partial charge on any atom is 0.254 e. The van der Waals surface area contributed by atoms with Gasteiger partial charge in [-0.25, -0.2) is 4.39 Å². The van der Waals surface area contributed by atoms with Gasteiger partial charge in [-0.2, -0.15) is 0 Å². The third-order valence-corrected chi connectivity index (χ3v) is 5.25. The Morgan fingerprint density at radius 3 is 2.41 bits per heavy atom. The number of halogens is 1. The average molecular weight is 396 g/mol. The van der Waals surface area contributed by atoms with E-state index in [1.165, 1.54) is 12.1 Å². The molecule has 2 N–H and O–H groups in total. The minimum Gasteiger partial charge on any atom is -0.368 e. The molecule has 2 heterocycles. The minimum absolute atomic E-state index is 0.0951. The molecule has 0 aromatic heterocycles. The molecule has 0 radical (unpaired) electrons. The van der Waals surface area contributed by atoms with Crippen LogP contribution in [0.4, 0.5) is 15.8 Å². The van der Waals surface area contributed by atoms with E-state index in [0.717, 1.165) is 5.69 Å². The lowest BCUT2D eigenvalue weighted by molar-refractivity contribution is -0.134. The van der Waals surface area contributed by atoms with E-state index in [1.54, 1.807) is 41.3 Å². The summed E-state index contributed by atoms with van der Waals surface area (Å²) >= 11 is 0. The molecule has 0 saturated carbocycles. The van der Waals surface area contributed by atoms with Crippen molar-refractivity contribution in [2.24, 2.45) is 0 Å². The number of fused-ring (bicyclic) bond motifs is 1. The summed E-state index contributed by atoms with van der Waals surface area (Å²) in [5, 5.41) is 5.36. The molecule has 2 aliphatic rings. The molecule has 1 unspecified atom stereocenters. The fourth-order valence-corrected chi connectivity index (χ4v) is 3.62. The number of piperazine rings is 1. The Labute approximate surface area is 167 Å². The first-order valence-electron chi connectivity index (χ1n) is 9.50. The Balaban J connectivity index is 1.36. The number of nitrogens with zero attached hydrogens (tertiary/aromatic N) is 2. The predicted octanol–water partition coefficient (Wildman–Crippen LogP) is 1.62. The topological polar surface area (TPSA) is 81.8 Å². The van der Waals surface area contributed by atoms with Crippen molar-refractivity contribution >= 4 is 29.1 Å². The van der Waals surface area contributed by atoms with Crippen LogP contribution in [0.15, 0.2) is 48.5 Å². The molecule has 3 amide bonds. The Bertz CT molecular complexity index is 939. The molecule has 1 saturated heterocycles. The molecule has 1 atom stereocenters. The second-order valence-corrected chi connectivity index (χ2v) is 7.11. The first-order valence-corrected chi connectivity index (χ1v) is 9.50. The first kappa shape index (κ1) is 18.9. The molecule has 2 aromatic carbocycles. The number of nitrogens with one attached hydrogen (secondary N) is 2. The number of carbonyl (C=O) groups excluding carboxylic acids is 3. The standard InChI is InChI=1S/C21H21FN4O3/c22-14-5-7-15(8-6-14)25-9-11-26(12-10-25)19(27)13-18-21(29)23-17-4-2-1-3-16(17)20(28)24-18/h1-8,18H,9-13H2,(H,23,29)(H,24,28). The number of amides is 3. The molecular weight excluding hydrogens is 375 g/mol. The summed E-state index contributed by atoms with van der Waals surface area (Å²) in [5.41, 5.74) is 1.73. The van der Waals surface area contributed by atoms with Crippen LogP contribution in [0.3, 0.4) is 0 Å². The van der Waals surface area contributed by atoms with Crippen molar-refractivity contribution in [2.75, 3.05) is 36.4 Å². The number of benzene rings is 2. The lowest BCUT2D eigenvalue weighted by Gasteiger charge is -2.36. The molecule has 8 heteroatoms. The van der Waals surface area contributed by atoms with E-state index in [1.807, 2.05) is 0 Å². The molecule has 150 valence electrons. The highest BCUT2D eigenvalue weighted by atomic mass is 19.1. The van der Waals surface area contributed by atoms with Gasteiger partial charge in [0.15, 0.2) is 0 Å². The monoisotopic (exact) mass is 396 g/mol. The van der Waals surface area contributed by atoms with Gasteiger partial charge in [-0.05, 0) is 36.4 Å². The van der Waals surface area contributed by atoms with Crippen molar-refractivity contribution in [2.45, 2.75) is 12.5 Å². The fraction of sp³-hybridized carbons (Fsp3) is 0.286. The second kappa shape index (κ2) is 7.90. The Morgan fingerprint density at radius 1 is 1.00 bits per heavy atom. The molecule has 2 aromatic rings. The smallest absolute Gasteiger partial charge is 0.254 e. The summed E-state index contributed by atoms with van der Waals surface area (Å²) in [6, 6.07) is 12.1. The molecule has 4 rings (SSSR count). The molecular formula is C21H21FN4O3. The summed E-state index contributed by atoms with van der Waals surface area (Å²) in [6.07, 6.45) is -0.0951. The van der Waals surface area contributed by atoms with E-state index in [2.05, 4.69) is 15.5 Å². The lowest BCUT2D eigenvalue weighted by atomic mass is 10.1. The van der Waals surface area contributed by atoms with Crippen molar-refractivity contribution < 1.29 is 18.8 Å². The van der Waals surface area contributed by atoms with Gasteiger partial charge in [0, 0.05) is 31.9 Å². The number of para-hydroxylation sites is 1. The number of hydrogen-bond acceptors (Lipinski definition) is 4. The van der Waals surface area contributed by atoms with Gasteiger partial charge in [-0.15, -0.1) is 0 Å². The largest absolute Gasteiger partial charge is 0.368 e. The quantitative estimate of drug-likeness (QED) is 0.826.